The van der Waals surface area contributed by atoms with Crippen LogP contribution in [0.4, 0.5) is 0 Å². The summed E-state index contributed by atoms with van der Waals surface area (Å²) in [6.45, 7) is -6.25. The Morgan fingerprint density at radius 1 is 0.418 bits per heavy atom. The van der Waals surface area contributed by atoms with E-state index in [1.807, 2.05) is 0 Å². The third-order valence-corrected chi connectivity index (χ3v) is 9.28. The second-order valence-corrected chi connectivity index (χ2v) is 18.2. The minimum absolute atomic E-state index is 1.92. The van der Waals surface area contributed by atoms with Gasteiger partial charge < -0.3 is 14.2 Å². The fraction of sp³-hybridized carbons (Fsp3) is 1.00. The normalized spacial score (nSPS) is 30.7. The second-order valence-electron chi connectivity index (χ2n) is 9.64. The van der Waals surface area contributed by atoms with Crippen LogP contribution in [0, 0.1) is 0 Å². The van der Waals surface area contributed by atoms with Crippen molar-refractivity contribution in [1.29, 1.82) is 0 Å². The molecule has 0 bridgehead atoms. The molecule has 2 heterocycles. The minimum Gasteiger partial charge on any atom is -0.341 e. The molecule has 43 heteroatoms. The number of ether oxygens (including phenoxy) is 3. The molecule has 328 valence electrons. The summed E-state index contributed by atoms with van der Waals surface area (Å²) in [6, 6.07) is 0. The molecular weight excluding hydrogens is 961 g/mol. The van der Waals surface area contributed by atoms with Crippen LogP contribution in [-0.4, -0.2) is 178 Å². The summed E-state index contributed by atoms with van der Waals surface area (Å²) in [5.74, 6) is -4.12. The van der Waals surface area contributed by atoms with E-state index >= 15 is 0 Å². The van der Waals surface area contributed by atoms with Gasteiger partial charge in [-0.15, -0.1) is 0 Å². The fourth-order valence-corrected chi connectivity index (χ4v) is 7.68. The first kappa shape index (κ1) is 50.0. The van der Waals surface area contributed by atoms with E-state index in [4.69, 9.17) is 23.3 Å². The van der Waals surface area contributed by atoms with Gasteiger partial charge in [-0.05, 0) is 0 Å². The lowest BCUT2D eigenvalue weighted by atomic mass is 9.99. The van der Waals surface area contributed by atoms with Gasteiger partial charge in [-0.25, -0.2) is 33.5 Å². The molecule has 55 heavy (non-hydrogen) atoms. The van der Waals surface area contributed by atoms with Crippen molar-refractivity contribution in [2.75, 3.05) is 19.8 Å². The predicted octanol–water partition coefficient (Wildman–Crippen LogP) is -6.78. The molecule has 2 fully saturated rings. The molecule has 0 amide bonds. The van der Waals surface area contributed by atoms with E-state index in [0.717, 1.165) is 0 Å². The zero-order valence-corrected chi connectivity index (χ0v) is 31.6. The van der Waals surface area contributed by atoms with Crippen LogP contribution in [0.5, 0.6) is 0 Å². The van der Waals surface area contributed by atoms with Gasteiger partial charge >= 0.3 is 83.2 Å². The SMILES string of the molecule is O=S(=O)(O)OCC1O[C@@](COS(=O)(=O)O)(O[C@H]2O[C@H](COS(=O)(=O)O)[C@@H](OS(=O)(=O)O)[C@H](OS(=O)(=O)O)[C@H]2OS(=O)(=O)O)[C@@H](OS(=O)(=O)O)C1OS(=O)(=O)O. The molecule has 2 saturated heterocycles. The lowest BCUT2D eigenvalue weighted by Crippen LogP contribution is -2.65. The first-order chi connectivity index (χ1) is 24.2. The Balaban J connectivity index is 3.07. The quantitative estimate of drug-likeness (QED) is 0.0496. The van der Waals surface area contributed by atoms with Crippen LogP contribution in [0.3, 0.4) is 0 Å². The fourth-order valence-electron chi connectivity index (χ4n) is 4.24. The average Bonchev–Trinajstić information content (AvgIpc) is 3.15. The van der Waals surface area contributed by atoms with Crippen LogP contribution in [-0.2, 0) is 131 Å². The van der Waals surface area contributed by atoms with Gasteiger partial charge in [-0.1, -0.05) is 0 Å². The molecule has 0 aromatic carbocycles. The van der Waals surface area contributed by atoms with Gasteiger partial charge in [0.1, 0.15) is 37.1 Å². The molecule has 0 radical (unpaired) electrons. The van der Waals surface area contributed by atoms with E-state index < -0.39 is 158 Å². The highest BCUT2D eigenvalue weighted by atomic mass is 32.3. The molecule has 0 aromatic heterocycles. The molecule has 2 aliphatic rings. The highest BCUT2D eigenvalue weighted by Crippen LogP contribution is 2.42. The van der Waals surface area contributed by atoms with E-state index in [1.165, 1.54) is 0 Å². The van der Waals surface area contributed by atoms with E-state index in [-0.39, 0.29) is 0 Å². The summed E-state index contributed by atoms with van der Waals surface area (Å²) in [6.07, 6.45) is -26.0. The maximum absolute atomic E-state index is 11.9. The molecule has 8 N–H and O–H groups in total. The summed E-state index contributed by atoms with van der Waals surface area (Å²) < 4.78 is 307. The standard InChI is InChI=1S/C12H22O35S8/c13-48(14,15)37-1-4-6(43-51(22,23)24)8(45-53(28,29)30)9(46-54(31,32)33)11(40-4)42-12(3-39-50(19,20)21)10(47-55(34,35)36)7(44-52(25,26)27)5(41-12)2-38-49(16,17)18/h4-11H,1-3H2,(H,13,14,15)(H,16,17,18)(H,19,20,21)(H,22,23,24)(H,25,26,27)(H,28,29,30)(H,31,32,33)(H,34,35,36)/t4-,5?,6-,7?,8+,9-,10+,11-,12+/m1/s1. The average molecular weight is 983 g/mol. The Morgan fingerprint density at radius 3 is 1.18 bits per heavy atom. The van der Waals surface area contributed by atoms with Crippen molar-refractivity contribution in [3.8, 4) is 0 Å². The van der Waals surface area contributed by atoms with Crippen molar-refractivity contribution < 1.29 is 151 Å². The second kappa shape index (κ2) is 17.2. The summed E-state index contributed by atoms with van der Waals surface area (Å²) in [4.78, 5) is 0. The van der Waals surface area contributed by atoms with Crippen molar-refractivity contribution in [2.45, 2.75) is 54.8 Å². The number of hydrogen-bond acceptors (Lipinski definition) is 27. The highest BCUT2D eigenvalue weighted by molar-refractivity contribution is 7.82. The maximum Gasteiger partial charge on any atom is 0.397 e. The molecule has 0 aliphatic carbocycles. The van der Waals surface area contributed by atoms with Gasteiger partial charge in [0.05, 0.1) is 13.2 Å². The smallest absolute Gasteiger partial charge is 0.341 e. The Morgan fingerprint density at radius 2 is 0.782 bits per heavy atom. The zero-order valence-electron chi connectivity index (χ0n) is 25.1. The summed E-state index contributed by atoms with van der Waals surface area (Å²) in [5.41, 5.74) is 0. The van der Waals surface area contributed by atoms with Gasteiger partial charge in [-0.3, -0.25) is 36.4 Å². The van der Waals surface area contributed by atoms with Crippen LogP contribution in [0.1, 0.15) is 0 Å². The molecular formula is C12H22O35S8. The van der Waals surface area contributed by atoms with Gasteiger partial charge in [0, 0.05) is 0 Å². The third-order valence-electron chi connectivity index (χ3n) is 5.68. The van der Waals surface area contributed by atoms with Crippen molar-refractivity contribution >= 4 is 83.2 Å². The van der Waals surface area contributed by atoms with E-state index in [2.05, 4.69) is 33.5 Å². The molecule has 0 saturated carbocycles. The van der Waals surface area contributed by atoms with Gasteiger partial charge in [0.15, 0.2) is 18.5 Å². The largest absolute Gasteiger partial charge is 0.397 e. The van der Waals surface area contributed by atoms with Crippen LogP contribution in [0.25, 0.3) is 0 Å². The van der Waals surface area contributed by atoms with E-state index in [1.54, 1.807) is 0 Å². The van der Waals surface area contributed by atoms with Gasteiger partial charge in [0.25, 0.3) is 0 Å². The Bertz CT molecular complexity index is 2280. The lowest BCUT2D eigenvalue weighted by molar-refractivity contribution is -0.374. The van der Waals surface area contributed by atoms with E-state index in [0.29, 0.717) is 0 Å². The van der Waals surface area contributed by atoms with Crippen LogP contribution < -0.4 is 0 Å². The molecule has 0 spiro atoms. The molecule has 9 atom stereocenters. The van der Waals surface area contributed by atoms with Crippen molar-refractivity contribution in [3.63, 3.8) is 0 Å². The Hall–Kier alpha value is -1.16. The zero-order chi connectivity index (χ0) is 43.0. The molecule has 35 nitrogen and oxygen atoms in total. The monoisotopic (exact) mass is 982 g/mol. The number of rotatable bonds is 21. The van der Waals surface area contributed by atoms with Gasteiger partial charge in [-0.2, -0.15) is 67.3 Å². The highest BCUT2D eigenvalue weighted by Gasteiger charge is 2.65. The van der Waals surface area contributed by atoms with Crippen molar-refractivity contribution in [2.24, 2.45) is 0 Å². The summed E-state index contributed by atoms with van der Waals surface area (Å²) in [7, 11) is -48.3. The lowest BCUT2D eigenvalue weighted by Gasteiger charge is -2.45. The van der Waals surface area contributed by atoms with Gasteiger partial charge in [0.2, 0.25) is 5.79 Å². The van der Waals surface area contributed by atoms with Crippen LogP contribution >= 0.6 is 0 Å². The third kappa shape index (κ3) is 18.1. The molecule has 2 rings (SSSR count). The summed E-state index contributed by atoms with van der Waals surface area (Å²) >= 11 is 0. The molecule has 2 aliphatic heterocycles. The van der Waals surface area contributed by atoms with Crippen LogP contribution in [0.2, 0.25) is 0 Å². The first-order valence-corrected chi connectivity index (χ1v) is 23.2. The van der Waals surface area contributed by atoms with Crippen molar-refractivity contribution in [1.82, 2.24) is 0 Å². The Kier molecular flexibility index (Phi) is 15.6. The first-order valence-electron chi connectivity index (χ1n) is 12.3. The van der Waals surface area contributed by atoms with E-state index in [9.17, 15) is 94.7 Å². The summed E-state index contributed by atoms with van der Waals surface area (Å²) in [5, 5.41) is 0. The molecule has 2 unspecified atom stereocenters. The minimum atomic E-state index is -6.24. The van der Waals surface area contributed by atoms with Crippen molar-refractivity contribution in [3.05, 3.63) is 0 Å². The topological polar surface area (TPSA) is 536 Å². The Labute approximate surface area is 308 Å². The molecule has 0 aromatic rings. The maximum atomic E-state index is 11.9. The number of hydrogen-bond donors (Lipinski definition) is 8. The predicted molar refractivity (Wildman–Crippen MR) is 152 cm³/mol. The van der Waals surface area contributed by atoms with Crippen LogP contribution in [0.15, 0.2) is 0 Å².